The van der Waals surface area contributed by atoms with E-state index in [0.717, 1.165) is 41.6 Å². The van der Waals surface area contributed by atoms with Crippen molar-refractivity contribution >= 4 is 17.2 Å². The molecule has 4 heterocycles. The quantitative estimate of drug-likeness (QED) is 0.592. The maximum absolute atomic E-state index is 12.4. The van der Waals surface area contributed by atoms with Crippen LogP contribution in [0.5, 0.6) is 0 Å². The molecule has 1 aliphatic heterocycles. The highest BCUT2D eigenvalue weighted by Crippen LogP contribution is 2.34. The molecule has 1 saturated carbocycles. The summed E-state index contributed by atoms with van der Waals surface area (Å²) in [5.41, 5.74) is 3.04. The molecule has 0 N–H and O–H groups in total. The first kappa shape index (κ1) is 18.5. The zero-order valence-electron chi connectivity index (χ0n) is 16.3. The van der Waals surface area contributed by atoms with Crippen molar-refractivity contribution in [1.82, 2.24) is 24.8 Å². The van der Waals surface area contributed by atoms with Crippen LogP contribution in [0.15, 0.2) is 22.0 Å². The second-order valence-corrected chi connectivity index (χ2v) is 8.62. The molecule has 1 fully saturated rings. The SMILES string of the molecule is CN(CCc1noc(-c2nn(CC3CC3)c3c2COCC3)n1)C(=O)c1cccs1. The predicted octanol–water partition coefficient (Wildman–Crippen LogP) is 2.79. The van der Waals surface area contributed by atoms with Crippen LogP contribution in [0.4, 0.5) is 0 Å². The van der Waals surface area contributed by atoms with E-state index in [1.165, 1.54) is 29.9 Å². The molecule has 2 aliphatic rings. The van der Waals surface area contributed by atoms with E-state index in [-0.39, 0.29) is 5.91 Å². The van der Waals surface area contributed by atoms with Crippen molar-refractivity contribution < 1.29 is 14.1 Å². The molecule has 1 aliphatic carbocycles. The highest BCUT2D eigenvalue weighted by Gasteiger charge is 2.29. The van der Waals surface area contributed by atoms with Gasteiger partial charge in [0.15, 0.2) is 11.5 Å². The average molecular weight is 414 g/mol. The van der Waals surface area contributed by atoms with Crippen molar-refractivity contribution in [3.05, 3.63) is 39.5 Å². The summed E-state index contributed by atoms with van der Waals surface area (Å²) in [4.78, 5) is 19.3. The average Bonchev–Trinajstić information content (AvgIpc) is 3.15. The van der Waals surface area contributed by atoms with Gasteiger partial charge in [0.25, 0.3) is 11.8 Å². The minimum atomic E-state index is 0.00811. The Morgan fingerprint density at radius 2 is 2.31 bits per heavy atom. The number of carbonyl (C=O) groups excluding carboxylic acids is 1. The van der Waals surface area contributed by atoms with Gasteiger partial charge in [-0.2, -0.15) is 10.1 Å². The summed E-state index contributed by atoms with van der Waals surface area (Å²) in [6, 6.07) is 3.71. The van der Waals surface area contributed by atoms with E-state index in [9.17, 15) is 4.79 Å². The Balaban J connectivity index is 1.30. The van der Waals surface area contributed by atoms with Gasteiger partial charge in [0, 0.05) is 44.2 Å². The standard InChI is InChI=1S/C20H23N5O3S/c1-24(20(26)16-3-2-10-29-16)8-6-17-21-19(28-23-17)18-14-12-27-9-7-15(14)25(22-18)11-13-4-5-13/h2-3,10,13H,4-9,11-12H2,1H3. The zero-order chi connectivity index (χ0) is 19.8. The van der Waals surface area contributed by atoms with Gasteiger partial charge in [0.2, 0.25) is 0 Å². The number of ether oxygens (including phenoxy) is 1. The van der Waals surface area contributed by atoms with Crippen LogP contribution in [0, 0.1) is 5.92 Å². The summed E-state index contributed by atoms with van der Waals surface area (Å²) >= 11 is 1.44. The fourth-order valence-electron chi connectivity index (χ4n) is 3.59. The van der Waals surface area contributed by atoms with Gasteiger partial charge < -0.3 is 14.2 Å². The molecule has 0 unspecified atom stereocenters. The van der Waals surface area contributed by atoms with Gasteiger partial charge in [-0.3, -0.25) is 9.48 Å². The highest BCUT2D eigenvalue weighted by atomic mass is 32.1. The van der Waals surface area contributed by atoms with Gasteiger partial charge in [-0.15, -0.1) is 11.3 Å². The Labute approximate surface area is 172 Å². The lowest BCUT2D eigenvalue weighted by molar-refractivity contribution is 0.0800. The number of amides is 1. The van der Waals surface area contributed by atoms with E-state index in [1.807, 2.05) is 17.5 Å². The molecule has 3 aromatic heterocycles. The van der Waals surface area contributed by atoms with E-state index in [1.54, 1.807) is 11.9 Å². The molecule has 8 nitrogen and oxygen atoms in total. The molecule has 29 heavy (non-hydrogen) atoms. The van der Waals surface area contributed by atoms with E-state index in [4.69, 9.17) is 14.4 Å². The summed E-state index contributed by atoms with van der Waals surface area (Å²) in [6.45, 7) is 2.74. The number of thiophene rings is 1. The van der Waals surface area contributed by atoms with Crippen LogP contribution < -0.4 is 0 Å². The van der Waals surface area contributed by atoms with Crippen molar-refractivity contribution in [2.24, 2.45) is 5.92 Å². The fourth-order valence-corrected chi connectivity index (χ4v) is 4.30. The number of hydrogen-bond donors (Lipinski definition) is 0. The Kier molecular flexibility index (Phi) is 4.92. The van der Waals surface area contributed by atoms with Gasteiger partial charge in [-0.1, -0.05) is 11.2 Å². The Morgan fingerprint density at radius 1 is 1.41 bits per heavy atom. The summed E-state index contributed by atoms with van der Waals surface area (Å²) in [6.07, 6.45) is 3.95. The lowest BCUT2D eigenvalue weighted by atomic mass is 10.1. The van der Waals surface area contributed by atoms with Crippen LogP contribution in [0.2, 0.25) is 0 Å². The molecule has 1 amide bonds. The van der Waals surface area contributed by atoms with Gasteiger partial charge >= 0.3 is 0 Å². The van der Waals surface area contributed by atoms with Gasteiger partial charge in [0.05, 0.1) is 18.1 Å². The third-order valence-corrected chi connectivity index (χ3v) is 6.30. The number of rotatable bonds is 7. The van der Waals surface area contributed by atoms with E-state index < -0.39 is 0 Å². The molecule has 3 aromatic rings. The Hall–Kier alpha value is -2.52. The van der Waals surface area contributed by atoms with Crippen molar-refractivity contribution in [3.63, 3.8) is 0 Å². The molecule has 5 rings (SSSR count). The molecule has 152 valence electrons. The summed E-state index contributed by atoms with van der Waals surface area (Å²) < 4.78 is 13.3. The maximum atomic E-state index is 12.4. The van der Waals surface area contributed by atoms with Crippen LogP contribution in [0.25, 0.3) is 11.6 Å². The van der Waals surface area contributed by atoms with Crippen molar-refractivity contribution in [2.45, 2.75) is 38.8 Å². The number of hydrogen-bond acceptors (Lipinski definition) is 7. The van der Waals surface area contributed by atoms with Crippen LogP contribution in [0.3, 0.4) is 0 Å². The molecule has 0 aromatic carbocycles. The number of likely N-dealkylation sites (N-methyl/N-ethyl adjacent to an activating group) is 1. The molecule has 0 atom stereocenters. The third kappa shape index (κ3) is 3.84. The minimum Gasteiger partial charge on any atom is -0.376 e. The summed E-state index contributed by atoms with van der Waals surface area (Å²) in [7, 11) is 1.79. The number of carbonyl (C=O) groups is 1. The summed E-state index contributed by atoms with van der Waals surface area (Å²) in [5.74, 6) is 1.76. The molecular formula is C20H23N5O3S. The van der Waals surface area contributed by atoms with Crippen molar-refractivity contribution in [2.75, 3.05) is 20.2 Å². The smallest absolute Gasteiger partial charge is 0.278 e. The maximum Gasteiger partial charge on any atom is 0.278 e. The fraction of sp³-hybridized carbons (Fsp3) is 0.500. The van der Waals surface area contributed by atoms with E-state index >= 15 is 0 Å². The topological polar surface area (TPSA) is 86.3 Å². The molecule has 0 spiro atoms. The predicted molar refractivity (Wildman–Crippen MR) is 107 cm³/mol. The second-order valence-electron chi connectivity index (χ2n) is 7.67. The van der Waals surface area contributed by atoms with Crippen LogP contribution >= 0.6 is 11.3 Å². The Bertz CT molecular complexity index is 1010. The minimum absolute atomic E-state index is 0.00811. The Morgan fingerprint density at radius 3 is 3.10 bits per heavy atom. The largest absolute Gasteiger partial charge is 0.376 e. The zero-order valence-corrected chi connectivity index (χ0v) is 17.2. The molecule has 0 radical (unpaired) electrons. The van der Waals surface area contributed by atoms with Crippen LogP contribution in [0.1, 0.15) is 39.6 Å². The van der Waals surface area contributed by atoms with Gasteiger partial charge in [-0.25, -0.2) is 0 Å². The first-order valence-corrected chi connectivity index (χ1v) is 10.8. The molecular weight excluding hydrogens is 390 g/mol. The van der Waals surface area contributed by atoms with Gasteiger partial charge in [-0.05, 0) is 30.2 Å². The van der Waals surface area contributed by atoms with Crippen LogP contribution in [-0.4, -0.2) is 50.9 Å². The number of nitrogens with zero attached hydrogens (tertiary/aromatic N) is 5. The molecule has 0 bridgehead atoms. The lowest BCUT2D eigenvalue weighted by Crippen LogP contribution is -2.28. The van der Waals surface area contributed by atoms with Crippen molar-refractivity contribution in [1.29, 1.82) is 0 Å². The third-order valence-electron chi connectivity index (χ3n) is 5.44. The number of aromatic nitrogens is 4. The first-order valence-electron chi connectivity index (χ1n) is 9.97. The lowest BCUT2D eigenvalue weighted by Gasteiger charge is -2.14. The summed E-state index contributed by atoms with van der Waals surface area (Å²) in [5, 5.41) is 10.8. The first-order chi connectivity index (χ1) is 14.2. The molecule has 0 saturated heterocycles. The van der Waals surface area contributed by atoms with Crippen molar-refractivity contribution in [3.8, 4) is 11.6 Å². The highest BCUT2D eigenvalue weighted by molar-refractivity contribution is 7.12. The normalized spacial score (nSPS) is 16.0. The van der Waals surface area contributed by atoms with E-state index in [0.29, 0.717) is 31.3 Å². The van der Waals surface area contributed by atoms with E-state index in [2.05, 4.69) is 14.8 Å². The number of fused-ring (bicyclic) bond motifs is 1. The van der Waals surface area contributed by atoms with Crippen LogP contribution in [-0.2, 0) is 30.7 Å². The molecule has 9 heteroatoms. The van der Waals surface area contributed by atoms with Gasteiger partial charge in [0.1, 0.15) is 0 Å². The monoisotopic (exact) mass is 413 g/mol. The second kappa shape index (κ2) is 7.72.